The lowest BCUT2D eigenvalue weighted by Gasteiger charge is -2.34. The van der Waals surface area contributed by atoms with E-state index in [0.717, 1.165) is 25.7 Å². The fourth-order valence-electron chi connectivity index (χ4n) is 3.57. The molecule has 3 heteroatoms. The topological polar surface area (TPSA) is 38.5 Å². The molecule has 0 aromatic rings. The first-order chi connectivity index (χ1) is 8.75. The Labute approximate surface area is 112 Å². The van der Waals surface area contributed by atoms with E-state index in [1.165, 1.54) is 51.4 Å². The summed E-state index contributed by atoms with van der Waals surface area (Å²) in [6, 6.07) is 1.05. The molecule has 3 nitrogen and oxygen atoms in total. The quantitative estimate of drug-likeness (QED) is 0.819. The van der Waals surface area contributed by atoms with Crippen LogP contribution in [0.1, 0.15) is 51.4 Å². The molecular formula is C15H30N2O. The third-order valence-corrected chi connectivity index (χ3v) is 4.70. The number of hydrogen-bond acceptors (Lipinski definition) is 3. The molecular weight excluding hydrogens is 224 g/mol. The van der Waals surface area contributed by atoms with Crippen LogP contribution >= 0.6 is 0 Å². The summed E-state index contributed by atoms with van der Waals surface area (Å²) in [7, 11) is 2.23. The minimum Gasteiger partial charge on any atom is -0.381 e. The number of rotatable bonds is 5. The molecule has 18 heavy (non-hydrogen) atoms. The first-order valence-electron chi connectivity index (χ1n) is 7.79. The molecule has 1 atom stereocenters. The third kappa shape index (κ3) is 4.52. The Bertz CT molecular complexity index is 223. The molecule has 106 valence electrons. The van der Waals surface area contributed by atoms with Gasteiger partial charge in [-0.1, -0.05) is 32.1 Å². The van der Waals surface area contributed by atoms with Crippen molar-refractivity contribution in [2.24, 2.45) is 11.7 Å². The van der Waals surface area contributed by atoms with Crippen LogP contribution in [0, 0.1) is 5.92 Å². The van der Waals surface area contributed by atoms with Crippen LogP contribution in [0.3, 0.4) is 0 Å². The van der Waals surface area contributed by atoms with Crippen molar-refractivity contribution in [3.8, 4) is 0 Å². The Balaban J connectivity index is 1.67. The van der Waals surface area contributed by atoms with E-state index in [-0.39, 0.29) is 0 Å². The highest BCUT2D eigenvalue weighted by Gasteiger charge is 2.22. The molecule has 1 heterocycles. The zero-order valence-corrected chi connectivity index (χ0v) is 11.9. The highest BCUT2D eigenvalue weighted by Crippen LogP contribution is 2.27. The summed E-state index contributed by atoms with van der Waals surface area (Å²) in [5, 5.41) is 0. The van der Waals surface area contributed by atoms with E-state index in [1.807, 2.05) is 0 Å². The van der Waals surface area contributed by atoms with Crippen molar-refractivity contribution in [2.45, 2.75) is 63.5 Å². The number of ether oxygens (including phenoxy) is 1. The summed E-state index contributed by atoms with van der Waals surface area (Å²) in [6.07, 6.45) is 10.7. The van der Waals surface area contributed by atoms with Gasteiger partial charge in [-0.25, -0.2) is 0 Å². The van der Waals surface area contributed by atoms with Gasteiger partial charge < -0.3 is 15.4 Å². The molecule has 1 unspecified atom stereocenters. The molecule has 1 saturated heterocycles. The average molecular weight is 254 g/mol. The summed E-state index contributed by atoms with van der Waals surface area (Å²) >= 11 is 0. The molecule has 0 aromatic carbocycles. The summed E-state index contributed by atoms with van der Waals surface area (Å²) in [4.78, 5) is 2.47. The van der Waals surface area contributed by atoms with Gasteiger partial charge in [-0.05, 0) is 32.2 Å². The van der Waals surface area contributed by atoms with Crippen molar-refractivity contribution in [1.82, 2.24) is 4.90 Å². The van der Waals surface area contributed by atoms with Crippen molar-refractivity contribution < 1.29 is 4.74 Å². The van der Waals surface area contributed by atoms with Gasteiger partial charge >= 0.3 is 0 Å². The minimum atomic E-state index is 0.362. The van der Waals surface area contributed by atoms with E-state index in [4.69, 9.17) is 10.5 Å². The van der Waals surface area contributed by atoms with Crippen LogP contribution in [0.4, 0.5) is 0 Å². The molecule has 1 aliphatic carbocycles. The van der Waals surface area contributed by atoms with Gasteiger partial charge in [0.05, 0.1) is 0 Å². The summed E-state index contributed by atoms with van der Waals surface area (Å²) in [5.74, 6) is 0.900. The van der Waals surface area contributed by atoms with E-state index < -0.39 is 0 Å². The summed E-state index contributed by atoms with van der Waals surface area (Å²) < 4.78 is 5.42. The maximum atomic E-state index is 6.34. The van der Waals surface area contributed by atoms with Gasteiger partial charge in [-0.2, -0.15) is 0 Å². The van der Waals surface area contributed by atoms with Crippen molar-refractivity contribution in [3.63, 3.8) is 0 Å². The SMILES string of the molecule is CN(CC(N)CC1CCCCC1)C1CCOCC1. The molecule has 0 spiro atoms. The lowest BCUT2D eigenvalue weighted by molar-refractivity contribution is 0.0404. The van der Waals surface area contributed by atoms with Crippen LogP contribution < -0.4 is 5.73 Å². The fourth-order valence-corrected chi connectivity index (χ4v) is 3.57. The highest BCUT2D eigenvalue weighted by molar-refractivity contribution is 4.78. The van der Waals surface area contributed by atoms with Crippen molar-refractivity contribution in [2.75, 3.05) is 26.8 Å². The van der Waals surface area contributed by atoms with Gasteiger partial charge in [0, 0.05) is 31.8 Å². The van der Waals surface area contributed by atoms with Gasteiger partial charge in [0.2, 0.25) is 0 Å². The van der Waals surface area contributed by atoms with Crippen molar-refractivity contribution in [1.29, 1.82) is 0 Å². The van der Waals surface area contributed by atoms with Gasteiger partial charge in [-0.15, -0.1) is 0 Å². The Kier molecular flexibility index (Phi) is 5.93. The predicted octanol–water partition coefficient (Wildman–Crippen LogP) is 2.39. The number of nitrogens with two attached hydrogens (primary N) is 1. The van der Waals surface area contributed by atoms with Crippen LogP contribution in [-0.2, 0) is 4.74 Å². The van der Waals surface area contributed by atoms with Crippen LogP contribution in [-0.4, -0.2) is 43.8 Å². The fraction of sp³-hybridized carbons (Fsp3) is 1.00. The lowest BCUT2D eigenvalue weighted by Crippen LogP contribution is -2.44. The number of likely N-dealkylation sites (N-methyl/N-ethyl adjacent to an activating group) is 1. The Morgan fingerprint density at radius 1 is 1.11 bits per heavy atom. The smallest absolute Gasteiger partial charge is 0.0480 e. The second-order valence-electron chi connectivity index (χ2n) is 6.28. The molecule has 2 fully saturated rings. The molecule has 0 radical (unpaired) electrons. The van der Waals surface area contributed by atoms with Crippen LogP contribution in [0.15, 0.2) is 0 Å². The molecule has 1 aliphatic heterocycles. The molecule has 0 amide bonds. The second kappa shape index (κ2) is 7.46. The van der Waals surface area contributed by atoms with Crippen LogP contribution in [0.2, 0.25) is 0 Å². The van der Waals surface area contributed by atoms with E-state index >= 15 is 0 Å². The maximum absolute atomic E-state index is 6.34. The zero-order chi connectivity index (χ0) is 12.8. The molecule has 2 aliphatic rings. The van der Waals surface area contributed by atoms with Crippen LogP contribution in [0.5, 0.6) is 0 Å². The minimum absolute atomic E-state index is 0.362. The number of hydrogen-bond donors (Lipinski definition) is 1. The van der Waals surface area contributed by atoms with Gasteiger partial charge in [-0.3, -0.25) is 0 Å². The molecule has 0 bridgehead atoms. The van der Waals surface area contributed by atoms with Crippen LogP contribution in [0.25, 0.3) is 0 Å². The Hall–Kier alpha value is -0.120. The Morgan fingerprint density at radius 2 is 1.78 bits per heavy atom. The lowest BCUT2D eigenvalue weighted by atomic mass is 9.85. The molecule has 2 rings (SSSR count). The van der Waals surface area contributed by atoms with Crippen molar-refractivity contribution in [3.05, 3.63) is 0 Å². The first kappa shape index (κ1) is 14.3. The van der Waals surface area contributed by atoms with Gasteiger partial charge in [0.25, 0.3) is 0 Å². The molecule has 2 N–H and O–H groups in total. The van der Waals surface area contributed by atoms with E-state index in [1.54, 1.807) is 0 Å². The van der Waals surface area contributed by atoms with E-state index in [0.29, 0.717) is 12.1 Å². The maximum Gasteiger partial charge on any atom is 0.0480 e. The highest BCUT2D eigenvalue weighted by atomic mass is 16.5. The van der Waals surface area contributed by atoms with E-state index in [2.05, 4.69) is 11.9 Å². The average Bonchev–Trinajstić information content (AvgIpc) is 2.40. The number of nitrogens with zero attached hydrogens (tertiary/aromatic N) is 1. The summed E-state index contributed by atoms with van der Waals surface area (Å²) in [5.41, 5.74) is 6.34. The first-order valence-corrected chi connectivity index (χ1v) is 7.79. The monoisotopic (exact) mass is 254 g/mol. The Morgan fingerprint density at radius 3 is 2.44 bits per heavy atom. The largest absolute Gasteiger partial charge is 0.381 e. The second-order valence-corrected chi connectivity index (χ2v) is 6.28. The molecule has 1 saturated carbocycles. The molecule has 0 aromatic heterocycles. The van der Waals surface area contributed by atoms with Gasteiger partial charge in [0.1, 0.15) is 0 Å². The summed E-state index contributed by atoms with van der Waals surface area (Å²) in [6.45, 7) is 2.90. The normalized spacial score (nSPS) is 25.5. The third-order valence-electron chi connectivity index (χ3n) is 4.70. The van der Waals surface area contributed by atoms with Gasteiger partial charge in [0.15, 0.2) is 0 Å². The standard InChI is InChI=1S/C15H30N2O/c1-17(15-7-9-18-10-8-15)12-14(16)11-13-5-3-2-4-6-13/h13-15H,2-12,16H2,1H3. The van der Waals surface area contributed by atoms with E-state index in [9.17, 15) is 0 Å². The van der Waals surface area contributed by atoms with Crippen molar-refractivity contribution >= 4 is 0 Å². The zero-order valence-electron chi connectivity index (χ0n) is 11.9. The predicted molar refractivity (Wildman–Crippen MR) is 75.6 cm³/mol.